The lowest BCUT2D eigenvalue weighted by atomic mass is 9.97. The second-order valence-electron chi connectivity index (χ2n) is 8.49. The number of likely N-dealkylation sites (tertiary alicyclic amines) is 1. The van der Waals surface area contributed by atoms with Crippen LogP contribution < -0.4 is 5.32 Å². The molecule has 2 aliphatic heterocycles. The smallest absolute Gasteiger partial charge is 0.311 e. The van der Waals surface area contributed by atoms with E-state index in [0.29, 0.717) is 36.6 Å². The first-order valence-electron chi connectivity index (χ1n) is 10.9. The summed E-state index contributed by atoms with van der Waals surface area (Å²) in [6.45, 7) is 6.27. The lowest BCUT2D eigenvalue weighted by Gasteiger charge is -2.33. The molecule has 0 spiro atoms. The van der Waals surface area contributed by atoms with Crippen LogP contribution in [-0.4, -0.2) is 60.0 Å². The van der Waals surface area contributed by atoms with Crippen molar-refractivity contribution in [2.45, 2.75) is 50.7 Å². The predicted octanol–water partition coefficient (Wildman–Crippen LogP) is 2.20. The van der Waals surface area contributed by atoms with E-state index in [0.717, 1.165) is 0 Å². The minimum Gasteiger partial charge on any atom is -0.452 e. The number of amides is 1. The van der Waals surface area contributed by atoms with Crippen LogP contribution in [-0.2, 0) is 24.3 Å². The van der Waals surface area contributed by atoms with Crippen molar-refractivity contribution in [3.63, 3.8) is 0 Å². The van der Waals surface area contributed by atoms with E-state index in [4.69, 9.17) is 4.74 Å². The summed E-state index contributed by atoms with van der Waals surface area (Å²) in [5.74, 6) is -0.543. The molecule has 1 aromatic carbocycles. The highest BCUT2D eigenvalue weighted by atomic mass is 32.2. The SMILES string of the molecule is CC(C)n1nccc1NC(=O)[C@H](C)OC(=O)[C@@H]1CCCN(C2=NS(=O)(=O)c3ccccc32)C1. The second kappa shape index (κ2) is 8.97. The topological polar surface area (TPSA) is 123 Å². The van der Waals surface area contributed by atoms with Crippen LogP contribution in [0.4, 0.5) is 5.82 Å². The van der Waals surface area contributed by atoms with Gasteiger partial charge in [-0.15, -0.1) is 4.40 Å². The second-order valence-corrected chi connectivity index (χ2v) is 10.1. The summed E-state index contributed by atoms with van der Waals surface area (Å²) < 4.78 is 35.8. The van der Waals surface area contributed by atoms with Crippen LogP contribution in [0.3, 0.4) is 0 Å². The molecule has 3 heterocycles. The van der Waals surface area contributed by atoms with Crippen molar-refractivity contribution in [1.82, 2.24) is 14.7 Å². The van der Waals surface area contributed by atoms with Gasteiger partial charge in [-0.3, -0.25) is 9.59 Å². The molecule has 1 aromatic heterocycles. The molecule has 4 rings (SSSR count). The van der Waals surface area contributed by atoms with Crippen LogP contribution in [0.1, 0.15) is 45.2 Å². The number of carbonyl (C=O) groups is 2. The summed E-state index contributed by atoms with van der Waals surface area (Å²) in [6.07, 6.45) is 1.86. The number of hydrogen-bond acceptors (Lipinski definition) is 7. The summed E-state index contributed by atoms with van der Waals surface area (Å²) in [7, 11) is -3.74. The van der Waals surface area contributed by atoms with Crippen molar-refractivity contribution < 1.29 is 22.7 Å². The Kier molecular flexibility index (Phi) is 6.24. The third-order valence-corrected chi connectivity index (χ3v) is 7.06. The number of carbonyl (C=O) groups excluding carboxylic acids is 2. The fraction of sp³-hybridized carbons (Fsp3) is 0.455. The average molecular weight is 474 g/mol. The Bertz CT molecular complexity index is 1200. The lowest BCUT2D eigenvalue weighted by molar-refractivity contribution is -0.158. The monoisotopic (exact) mass is 473 g/mol. The van der Waals surface area contributed by atoms with E-state index in [1.54, 1.807) is 35.1 Å². The van der Waals surface area contributed by atoms with Gasteiger partial charge in [0.25, 0.3) is 15.9 Å². The van der Waals surface area contributed by atoms with Gasteiger partial charge in [0.1, 0.15) is 10.7 Å². The number of anilines is 1. The molecule has 0 saturated carbocycles. The van der Waals surface area contributed by atoms with E-state index in [-0.39, 0.29) is 17.5 Å². The van der Waals surface area contributed by atoms with E-state index >= 15 is 0 Å². The largest absolute Gasteiger partial charge is 0.452 e. The van der Waals surface area contributed by atoms with E-state index in [1.165, 1.54) is 13.0 Å². The molecule has 0 aliphatic carbocycles. The normalized spacial score (nSPS) is 20.2. The average Bonchev–Trinajstić information content (AvgIpc) is 3.36. The maximum absolute atomic E-state index is 12.8. The number of aromatic nitrogens is 2. The van der Waals surface area contributed by atoms with E-state index < -0.39 is 33.9 Å². The van der Waals surface area contributed by atoms with Crippen molar-refractivity contribution in [3.05, 3.63) is 42.1 Å². The highest BCUT2D eigenvalue weighted by molar-refractivity contribution is 7.90. The summed E-state index contributed by atoms with van der Waals surface area (Å²) in [4.78, 5) is 27.4. The maximum atomic E-state index is 12.8. The number of esters is 1. The molecule has 2 aliphatic rings. The number of hydrogen-bond donors (Lipinski definition) is 1. The molecule has 176 valence electrons. The van der Waals surface area contributed by atoms with Gasteiger partial charge in [0.05, 0.1) is 12.1 Å². The zero-order chi connectivity index (χ0) is 23.8. The molecule has 1 saturated heterocycles. The number of ether oxygens (including phenoxy) is 1. The molecule has 11 heteroatoms. The molecule has 2 atom stereocenters. The van der Waals surface area contributed by atoms with Crippen molar-refractivity contribution in [1.29, 1.82) is 0 Å². The number of rotatable bonds is 5. The Morgan fingerprint density at radius 1 is 1.18 bits per heavy atom. The fourth-order valence-corrected chi connectivity index (χ4v) is 5.28. The minimum absolute atomic E-state index is 0.0637. The summed E-state index contributed by atoms with van der Waals surface area (Å²) in [5.41, 5.74) is 0.543. The standard InChI is InChI=1S/C22H27N5O5S/c1-14(2)27-19(10-11-23-27)24-21(28)15(3)32-22(29)16-7-6-12-26(13-16)20-17-8-4-5-9-18(17)33(30,31)25-20/h4-5,8-11,14-16H,6-7,12-13H2,1-3H3,(H,24,28)/t15-,16+/m0/s1. The third kappa shape index (κ3) is 4.63. The zero-order valence-electron chi connectivity index (χ0n) is 18.8. The van der Waals surface area contributed by atoms with E-state index in [9.17, 15) is 18.0 Å². The first kappa shape index (κ1) is 23.0. The number of nitrogens with one attached hydrogen (secondary N) is 1. The molecule has 33 heavy (non-hydrogen) atoms. The van der Waals surface area contributed by atoms with Crippen molar-refractivity contribution in [2.24, 2.45) is 10.3 Å². The Hall–Kier alpha value is -3.21. The first-order chi connectivity index (χ1) is 15.7. The molecule has 0 unspecified atom stereocenters. The van der Waals surface area contributed by atoms with Gasteiger partial charge >= 0.3 is 5.97 Å². The van der Waals surface area contributed by atoms with Crippen LogP contribution in [0.25, 0.3) is 0 Å². The number of fused-ring (bicyclic) bond motifs is 1. The number of benzene rings is 1. The number of sulfonamides is 1. The molecular formula is C22H27N5O5S. The van der Waals surface area contributed by atoms with Gasteiger partial charge in [-0.2, -0.15) is 13.5 Å². The molecule has 1 N–H and O–H groups in total. The van der Waals surface area contributed by atoms with Crippen molar-refractivity contribution in [3.8, 4) is 0 Å². The molecule has 0 bridgehead atoms. The lowest BCUT2D eigenvalue weighted by Crippen LogP contribution is -2.44. The van der Waals surface area contributed by atoms with Crippen LogP contribution in [0, 0.1) is 5.92 Å². The van der Waals surface area contributed by atoms with Gasteiger partial charge in [0, 0.05) is 30.8 Å². The number of nitrogens with zero attached hydrogens (tertiary/aromatic N) is 4. The predicted molar refractivity (Wildman–Crippen MR) is 121 cm³/mol. The fourth-order valence-electron chi connectivity index (χ4n) is 4.06. The van der Waals surface area contributed by atoms with Crippen LogP contribution >= 0.6 is 0 Å². The Labute approximate surface area is 192 Å². The highest BCUT2D eigenvalue weighted by Gasteiger charge is 2.36. The zero-order valence-corrected chi connectivity index (χ0v) is 19.6. The maximum Gasteiger partial charge on any atom is 0.311 e. The number of piperidine rings is 1. The van der Waals surface area contributed by atoms with Crippen LogP contribution in [0.5, 0.6) is 0 Å². The molecule has 2 aromatic rings. The van der Waals surface area contributed by atoms with Gasteiger partial charge in [-0.1, -0.05) is 12.1 Å². The minimum atomic E-state index is -3.74. The molecule has 0 radical (unpaired) electrons. The first-order valence-corrected chi connectivity index (χ1v) is 12.4. The Morgan fingerprint density at radius 2 is 1.94 bits per heavy atom. The van der Waals surface area contributed by atoms with Crippen LogP contribution in [0.2, 0.25) is 0 Å². The van der Waals surface area contributed by atoms with Gasteiger partial charge in [-0.05, 0) is 45.7 Å². The Morgan fingerprint density at radius 3 is 2.70 bits per heavy atom. The van der Waals surface area contributed by atoms with Crippen molar-refractivity contribution in [2.75, 3.05) is 18.4 Å². The third-order valence-electron chi connectivity index (χ3n) is 5.74. The number of amidine groups is 1. The molecule has 1 fully saturated rings. The molecular weight excluding hydrogens is 446 g/mol. The molecule has 1 amide bonds. The highest BCUT2D eigenvalue weighted by Crippen LogP contribution is 2.30. The summed E-state index contributed by atoms with van der Waals surface area (Å²) in [6, 6.07) is 8.41. The van der Waals surface area contributed by atoms with Crippen LogP contribution in [0.15, 0.2) is 45.8 Å². The van der Waals surface area contributed by atoms with Crippen molar-refractivity contribution >= 4 is 33.6 Å². The van der Waals surface area contributed by atoms with E-state index in [1.807, 2.05) is 18.7 Å². The van der Waals surface area contributed by atoms with Gasteiger partial charge in [0.15, 0.2) is 11.9 Å². The van der Waals surface area contributed by atoms with Gasteiger partial charge in [-0.25, -0.2) is 4.68 Å². The summed E-state index contributed by atoms with van der Waals surface area (Å²) >= 11 is 0. The summed E-state index contributed by atoms with van der Waals surface area (Å²) in [5, 5.41) is 6.91. The Balaban J connectivity index is 1.40. The van der Waals surface area contributed by atoms with Gasteiger partial charge in [0.2, 0.25) is 0 Å². The van der Waals surface area contributed by atoms with E-state index in [2.05, 4.69) is 14.8 Å². The quantitative estimate of drug-likeness (QED) is 0.660. The van der Waals surface area contributed by atoms with Gasteiger partial charge < -0.3 is 15.0 Å². The molecule has 10 nitrogen and oxygen atoms in total.